The van der Waals surface area contributed by atoms with Crippen molar-refractivity contribution in [1.82, 2.24) is 4.48 Å². The van der Waals surface area contributed by atoms with Gasteiger partial charge < -0.3 is 22.3 Å². The van der Waals surface area contributed by atoms with Crippen molar-refractivity contribution >= 4 is 67.3 Å². The molecule has 2 aliphatic rings. The van der Waals surface area contributed by atoms with Gasteiger partial charge in [-0.25, -0.2) is 0 Å². The van der Waals surface area contributed by atoms with E-state index in [9.17, 15) is 4.79 Å². The van der Waals surface area contributed by atoms with Gasteiger partial charge in [-0.2, -0.15) is 0 Å². The summed E-state index contributed by atoms with van der Waals surface area (Å²) in [7, 11) is 0. The predicted octanol–water partition coefficient (Wildman–Crippen LogP) is 12.5. The van der Waals surface area contributed by atoms with Crippen LogP contribution in [0.5, 0.6) is 5.75 Å². The molecule has 6 aromatic carbocycles. The SMILES string of the molecule is CCC1=C(C)C2=C(c3c(C)cc(OC(=O)CCCc4ccc5c6cccc7cccc(c8cccc4c85)c76)cc3C)c3c(C)c(CC)c(C)n3[B-](F)(F)[N+]2=C1C. The largest absolute Gasteiger partial charge is 0.737 e. The molecule has 0 saturated heterocycles. The lowest BCUT2D eigenvalue weighted by molar-refractivity contribution is -0.363. The van der Waals surface area contributed by atoms with Gasteiger partial charge in [-0.15, -0.1) is 0 Å². The smallest absolute Gasteiger partial charge is 0.427 e. The van der Waals surface area contributed by atoms with Gasteiger partial charge in [-0.3, -0.25) is 4.79 Å². The van der Waals surface area contributed by atoms with E-state index in [1.807, 2.05) is 67.5 Å². The van der Waals surface area contributed by atoms with Crippen molar-refractivity contribution in [2.24, 2.45) is 0 Å². The van der Waals surface area contributed by atoms with Crippen LogP contribution in [0, 0.1) is 27.7 Å². The normalized spacial score (nSPS) is 15.3. The molecule has 2 aliphatic heterocycles. The van der Waals surface area contributed by atoms with Crippen molar-refractivity contribution < 1.29 is 22.6 Å². The lowest BCUT2D eigenvalue weighted by Crippen LogP contribution is -2.51. The molecule has 56 heavy (non-hydrogen) atoms. The number of hydrogen-bond acceptors (Lipinski definition) is 2. The number of aryl methyl sites for hydroxylation is 3. The first-order chi connectivity index (χ1) is 26.9. The van der Waals surface area contributed by atoms with Gasteiger partial charge in [-0.05, 0) is 155 Å². The van der Waals surface area contributed by atoms with E-state index in [2.05, 4.69) is 66.7 Å². The molecule has 7 heteroatoms. The molecule has 0 amide bonds. The van der Waals surface area contributed by atoms with Gasteiger partial charge in [0.2, 0.25) is 0 Å². The molecule has 9 rings (SSSR count). The minimum atomic E-state index is -4.11. The first kappa shape index (κ1) is 36.1. The number of ether oxygens (including phenoxy) is 1. The zero-order valence-electron chi connectivity index (χ0n) is 33.6. The summed E-state index contributed by atoms with van der Waals surface area (Å²) in [6.45, 7) is 11.6. The van der Waals surface area contributed by atoms with Crippen molar-refractivity contribution in [1.29, 1.82) is 0 Å². The van der Waals surface area contributed by atoms with Crippen molar-refractivity contribution in [3.63, 3.8) is 0 Å². The number of esters is 1. The van der Waals surface area contributed by atoms with Crippen LogP contribution in [0.25, 0.3) is 48.7 Å². The number of fused-ring (bicyclic) bond motifs is 4. The molecule has 3 heterocycles. The molecule has 0 bridgehead atoms. The fraction of sp³-hybridized carbons (Fsp3) is 0.265. The van der Waals surface area contributed by atoms with E-state index in [0.29, 0.717) is 47.8 Å². The van der Waals surface area contributed by atoms with Gasteiger partial charge in [0.25, 0.3) is 0 Å². The highest BCUT2D eigenvalue weighted by Gasteiger charge is 2.57. The number of halogens is 2. The van der Waals surface area contributed by atoms with Crippen LogP contribution in [0.4, 0.5) is 8.63 Å². The average Bonchev–Trinajstić information content (AvgIpc) is 3.59. The maximum Gasteiger partial charge on any atom is 0.737 e. The first-order valence-electron chi connectivity index (χ1n) is 20.1. The van der Waals surface area contributed by atoms with Gasteiger partial charge in [-0.1, -0.05) is 80.6 Å². The van der Waals surface area contributed by atoms with Gasteiger partial charge in [0.15, 0.2) is 5.70 Å². The third-order valence-electron chi connectivity index (χ3n) is 12.9. The minimum absolute atomic E-state index is 0.275. The molecule has 0 spiro atoms. The van der Waals surface area contributed by atoms with Crippen LogP contribution < -0.4 is 4.74 Å². The zero-order valence-corrected chi connectivity index (χ0v) is 33.6. The van der Waals surface area contributed by atoms with Gasteiger partial charge >= 0.3 is 12.9 Å². The fourth-order valence-corrected chi connectivity index (χ4v) is 10.6. The maximum atomic E-state index is 16.8. The van der Waals surface area contributed by atoms with Crippen LogP contribution in [-0.4, -0.2) is 27.6 Å². The van der Waals surface area contributed by atoms with E-state index < -0.39 is 6.97 Å². The summed E-state index contributed by atoms with van der Waals surface area (Å²) in [6, 6.07) is 27.9. The maximum absolute atomic E-state index is 16.8. The Morgan fingerprint density at radius 2 is 1.38 bits per heavy atom. The minimum Gasteiger partial charge on any atom is -0.427 e. The number of allylic oxidation sites excluding steroid dienone is 2. The molecular weight excluding hydrogens is 697 g/mol. The quantitative estimate of drug-likeness (QED) is 0.0510. The van der Waals surface area contributed by atoms with E-state index >= 15 is 8.63 Å². The molecule has 0 N–H and O–H groups in total. The zero-order chi connectivity index (χ0) is 39.4. The monoisotopic (exact) mass is 744 g/mol. The second kappa shape index (κ2) is 13.0. The van der Waals surface area contributed by atoms with E-state index in [0.717, 1.165) is 51.0 Å². The third-order valence-corrected chi connectivity index (χ3v) is 12.9. The number of nitrogens with zero attached hydrogens (tertiary/aromatic N) is 2. The molecule has 0 aliphatic carbocycles. The first-order valence-corrected chi connectivity index (χ1v) is 20.1. The van der Waals surface area contributed by atoms with E-state index in [-0.39, 0.29) is 12.4 Å². The van der Waals surface area contributed by atoms with Crippen LogP contribution in [0.1, 0.15) is 91.7 Å². The number of carbonyl (C=O) groups is 1. The highest BCUT2D eigenvalue weighted by atomic mass is 19.2. The predicted molar refractivity (Wildman–Crippen MR) is 229 cm³/mol. The Hall–Kier alpha value is -5.56. The van der Waals surface area contributed by atoms with Crippen LogP contribution in [0.2, 0.25) is 0 Å². The second-order valence-electron chi connectivity index (χ2n) is 16.0. The Morgan fingerprint density at radius 3 is 2.02 bits per heavy atom. The van der Waals surface area contributed by atoms with E-state index in [1.54, 1.807) is 0 Å². The molecule has 282 valence electrons. The topological polar surface area (TPSA) is 34.2 Å². The Morgan fingerprint density at radius 1 is 0.768 bits per heavy atom. The lowest BCUT2D eigenvalue weighted by atomic mass is 9.81. The lowest BCUT2D eigenvalue weighted by Gasteiger charge is -2.34. The highest BCUT2D eigenvalue weighted by Crippen LogP contribution is 2.49. The van der Waals surface area contributed by atoms with Crippen LogP contribution in [0.15, 0.2) is 95.7 Å². The summed E-state index contributed by atoms with van der Waals surface area (Å²) in [4.78, 5) is 13.4. The van der Waals surface area contributed by atoms with E-state index in [4.69, 9.17) is 4.74 Å². The number of carbonyl (C=O) groups excluding carboxylic acids is 1. The van der Waals surface area contributed by atoms with E-state index in [1.165, 1.54) is 57.6 Å². The molecule has 7 aromatic rings. The van der Waals surface area contributed by atoms with Crippen molar-refractivity contribution in [3.8, 4) is 5.75 Å². The third kappa shape index (κ3) is 5.02. The summed E-state index contributed by atoms with van der Waals surface area (Å²) in [5.74, 6) is 0.192. The summed E-state index contributed by atoms with van der Waals surface area (Å²) in [5, 5.41) is 10.1. The highest BCUT2D eigenvalue weighted by molar-refractivity contribution is 6.58. The molecule has 0 fully saturated rings. The van der Waals surface area contributed by atoms with Gasteiger partial charge in [0, 0.05) is 30.2 Å². The Bertz CT molecular complexity index is 2870. The fourth-order valence-electron chi connectivity index (χ4n) is 10.6. The molecule has 0 saturated carbocycles. The Kier molecular flexibility index (Phi) is 8.39. The number of rotatable bonds is 8. The summed E-state index contributed by atoms with van der Waals surface area (Å²) in [5.41, 5.74) is 10.9. The van der Waals surface area contributed by atoms with Crippen LogP contribution in [0.3, 0.4) is 0 Å². The second-order valence-corrected chi connectivity index (χ2v) is 16.0. The van der Waals surface area contributed by atoms with Gasteiger partial charge in [0.05, 0.1) is 5.57 Å². The summed E-state index contributed by atoms with van der Waals surface area (Å²) < 4.78 is 42.3. The average molecular weight is 745 g/mol. The number of benzene rings is 6. The Balaban J connectivity index is 1.02. The van der Waals surface area contributed by atoms with Crippen molar-refractivity contribution in [2.75, 3.05) is 0 Å². The summed E-state index contributed by atoms with van der Waals surface area (Å²) in [6.07, 6.45) is 3.02. The standard InChI is InChI=1S/C49H47BF2N2O2/c1-9-36-29(5)48-47(49-30(6)37(10-2)32(8)54(49)50(51,52)53(48)31(36)7)44-27(3)25-35(26-28(44)4)56-43(55)22-13-15-33-23-24-42-40-20-12-17-34-16-11-19-39(45(34)40)41-21-14-18-38(33)46(41)42/h11-12,14,16-21,23-26H,9-10,13,15,22H2,1-8H3. The number of aromatic nitrogens is 1. The van der Waals surface area contributed by atoms with Crippen LogP contribution >= 0.6 is 0 Å². The van der Waals surface area contributed by atoms with Crippen molar-refractivity contribution in [3.05, 3.63) is 140 Å². The molecular formula is C49H47BF2N2O2. The summed E-state index contributed by atoms with van der Waals surface area (Å²) >= 11 is 0. The molecule has 4 nitrogen and oxygen atoms in total. The molecule has 0 unspecified atom stereocenters. The number of hydrogen-bond donors (Lipinski definition) is 0. The van der Waals surface area contributed by atoms with Gasteiger partial charge in [0.1, 0.15) is 11.5 Å². The molecule has 0 radical (unpaired) electrons. The Labute approximate surface area is 327 Å². The molecule has 0 atom stereocenters. The molecule has 1 aromatic heterocycles. The van der Waals surface area contributed by atoms with Crippen LogP contribution in [-0.2, 0) is 17.6 Å². The van der Waals surface area contributed by atoms with Crippen molar-refractivity contribution in [2.45, 2.75) is 87.5 Å².